The maximum absolute atomic E-state index is 12.7. The van der Waals surface area contributed by atoms with Crippen molar-refractivity contribution in [1.82, 2.24) is 9.80 Å². The van der Waals surface area contributed by atoms with Crippen LogP contribution < -0.4 is 0 Å². The second-order valence-electron chi connectivity index (χ2n) is 7.34. The lowest BCUT2D eigenvalue weighted by molar-refractivity contribution is -0.147. The van der Waals surface area contributed by atoms with Gasteiger partial charge in [-0.1, -0.05) is 0 Å². The molecule has 3 heterocycles. The van der Waals surface area contributed by atoms with Gasteiger partial charge >= 0.3 is 0 Å². The molecule has 0 aromatic rings. The molecule has 0 aromatic heterocycles. The minimum atomic E-state index is 0.126. The Bertz CT molecular complexity index is 450. The van der Waals surface area contributed by atoms with Crippen LogP contribution in [0.25, 0.3) is 0 Å². The van der Waals surface area contributed by atoms with Gasteiger partial charge < -0.3 is 19.6 Å². The number of aliphatic hydroxyl groups is 1. The quantitative estimate of drug-likeness (QED) is 0.760. The highest BCUT2D eigenvalue weighted by Crippen LogP contribution is 2.32. The zero-order valence-corrected chi connectivity index (χ0v) is 14.5. The van der Waals surface area contributed by atoms with E-state index in [1.54, 1.807) is 0 Å². The first kappa shape index (κ1) is 17.7. The molecular formula is C18H30N2O4. The van der Waals surface area contributed by atoms with Gasteiger partial charge in [-0.3, -0.25) is 9.59 Å². The van der Waals surface area contributed by atoms with E-state index in [1.165, 1.54) is 0 Å². The number of amides is 2. The highest BCUT2D eigenvalue weighted by molar-refractivity contribution is 5.80. The first-order valence-corrected chi connectivity index (χ1v) is 9.47. The van der Waals surface area contributed by atoms with E-state index in [1.807, 2.05) is 9.80 Å². The molecule has 6 heteroatoms. The third-order valence-corrected chi connectivity index (χ3v) is 5.83. The fourth-order valence-corrected chi connectivity index (χ4v) is 4.44. The van der Waals surface area contributed by atoms with E-state index in [4.69, 9.17) is 9.84 Å². The Hall–Kier alpha value is -1.14. The largest absolute Gasteiger partial charge is 0.396 e. The molecule has 0 aromatic carbocycles. The topological polar surface area (TPSA) is 70.1 Å². The van der Waals surface area contributed by atoms with E-state index in [2.05, 4.69) is 0 Å². The molecule has 0 radical (unpaired) electrons. The van der Waals surface area contributed by atoms with Gasteiger partial charge in [0.1, 0.15) is 0 Å². The maximum atomic E-state index is 12.7. The summed E-state index contributed by atoms with van der Waals surface area (Å²) in [5.74, 6) is 1.08. The van der Waals surface area contributed by atoms with Crippen LogP contribution in [0, 0.1) is 11.8 Å². The average molecular weight is 338 g/mol. The normalized spacial score (nSPS) is 28.8. The Morgan fingerprint density at radius 3 is 2.71 bits per heavy atom. The molecule has 0 bridgehead atoms. The van der Waals surface area contributed by atoms with Crippen LogP contribution in [0.15, 0.2) is 0 Å². The molecule has 2 amide bonds. The van der Waals surface area contributed by atoms with E-state index < -0.39 is 0 Å². The number of rotatable bonds is 5. The van der Waals surface area contributed by atoms with Crippen molar-refractivity contribution in [1.29, 1.82) is 0 Å². The summed E-state index contributed by atoms with van der Waals surface area (Å²) in [5, 5.41) is 8.96. The van der Waals surface area contributed by atoms with Gasteiger partial charge in [0.15, 0.2) is 0 Å². The summed E-state index contributed by atoms with van der Waals surface area (Å²) in [7, 11) is 0. The summed E-state index contributed by atoms with van der Waals surface area (Å²) in [6.45, 7) is 3.89. The van der Waals surface area contributed by atoms with E-state index in [0.717, 1.165) is 58.2 Å². The van der Waals surface area contributed by atoms with Crippen molar-refractivity contribution in [2.75, 3.05) is 39.5 Å². The van der Waals surface area contributed by atoms with Crippen LogP contribution in [0.3, 0.4) is 0 Å². The molecule has 2 unspecified atom stereocenters. The molecular weight excluding hydrogens is 308 g/mol. The van der Waals surface area contributed by atoms with Crippen molar-refractivity contribution < 1.29 is 19.4 Å². The number of nitrogens with zero attached hydrogens (tertiary/aromatic N) is 2. The zero-order valence-electron chi connectivity index (χ0n) is 14.5. The van der Waals surface area contributed by atoms with Gasteiger partial charge in [-0.25, -0.2) is 0 Å². The van der Waals surface area contributed by atoms with Crippen molar-refractivity contribution >= 4 is 11.8 Å². The fraction of sp³-hybridized carbons (Fsp3) is 0.889. The van der Waals surface area contributed by atoms with Crippen LogP contribution in [0.5, 0.6) is 0 Å². The van der Waals surface area contributed by atoms with E-state index in [-0.39, 0.29) is 24.5 Å². The van der Waals surface area contributed by atoms with Crippen molar-refractivity contribution in [3.63, 3.8) is 0 Å². The van der Waals surface area contributed by atoms with Crippen LogP contribution in [-0.4, -0.2) is 72.2 Å². The highest BCUT2D eigenvalue weighted by atomic mass is 16.5. The number of hydrogen-bond acceptors (Lipinski definition) is 4. The number of carbonyl (C=O) groups is 2. The van der Waals surface area contributed by atoms with Crippen molar-refractivity contribution in [2.45, 2.75) is 51.0 Å². The van der Waals surface area contributed by atoms with Crippen LogP contribution in [-0.2, 0) is 14.3 Å². The second-order valence-corrected chi connectivity index (χ2v) is 7.34. The number of carbonyl (C=O) groups excluding carboxylic acids is 2. The monoisotopic (exact) mass is 338 g/mol. The number of aliphatic hydroxyl groups excluding tert-OH is 1. The lowest BCUT2D eigenvalue weighted by Crippen LogP contribution is -2.57. The van der Waals surface area contributed by atoms with Gasteiger partial charge in [0.05, 0.1) is 0 Å². The standard InChI is InChI=1S/C18H30N2O4/c21-10-2-1-8-20-16-5-9-19(13-15(16)3-4-17(20)22)18(23)14-6-11-24-12-7-14/h14-16,21H,1-13H2. The number of fused-ring (bicyclic) bond motifs is 1. The third-order valence-electron chi connectivity index (χ3n) is 5.83. The summed E-state index contributed by atoms with van der Waals surface area (Å²) in [4.78, 5) is 29.1. The molecule has 0 saturated carbocycles. The minimum Gasteiger partial charge on any atom is -0.396 e. The Morgan fingerprint density at radius 2 is 1.96 bits per heavy atom. The Labute approximate surface area is 144 Å². The van der Waals surface area contributed by atoms with E-state index in [9.17, 15) is 9.59 Å². The molecule has 6 nitrogen and oxygen atoms in total. The van der Waals surface area contributed by atoms with E-state index >= 15 is 0 Å². The fourth-order valence-electron chi connectivity index (χ4n) is 4.44. The van der Waals surface area contributed by atoms with Crippen LogP contribution >= 0.6 is 0 Å². The molecule has 0 spiro atoms. The Kier molecular flexibility index (Phi) is 6.11. The molecule has 24 heavy (non-hydrogen) atoms. The SMILES string of the molecule is O=C(C1CCOCC1)N1CCC2C(CCC(=O)N2CCCCO)C1. The smallest absolute Gasteiger partial charge is 0.225 e. The summed E-state index contributed by atoms with van der Waals surface area (Å²) in [6.07, 6.45) is 5.68. The molecule has 3 aliphatic rings. The molecule has 1 N–H and O–H groups in total. The lowest BCUT2D eigenvalue weighted by Gasteiger charge is -2.47. The summed E-state index contributed by atoms with van der Waals surface area (Å²) in [6, 6.07) is 0.281. The molecule has 136 valence electrons. The van der Waals surface area contributed by atoms with Gasteiger partial charge in [-0.15, -0.1) is 0 Å². The first-order valence-electron chi connectivity index (χ1n) is 9.47. The highest BCUT2D eigenvalue weighted by Gasteiger charge is 2.41. The van der Waals surface area contributed by atoms with Gasteiger partial charge in [0.2, 0.25) is 11.8 Å². The summed E-state index contributed by atoms with van der Waals surface area (Å²) >= 11 is 0. The Morgan fingerprint density at radius 1 is 1.17 bits per heavy atom. The third kappa shape index (κ3) is 3.91. The molecule has 3 saturated heterocycles. The van der Waals surface area contributed by atoms with Crippen LogP contribution in [0.1, 0.15) is 44.9 Å². The van der Waals surface area contributed by atoms with Crippen LogP contribution in [0.4, 0.5) is 0 Å². The molecule has 3 rings (SSSR count). The first-order chi connectivity index (χ1) is 11.7. The maximum Gasteiger partial charge on any atom is 0.225 e. The zero-order chi connectivity index (χ0) is 16.9. The number of likely N-dealkylation sites (tertiary alicyclic amines) is 2. The molecule has 3 fully saturated rings. The number of piperidine rings is 2. The van der Waals surface area contributed by atoms with Crippen LogP contribution in [0.2, 0.25) is 0 Å². The average Bonchev–Trinajstić information content (AvgIpc) is 2.63. The summed E-state index contributed by atoms with van der Waals surface area (Å²) in [5.41, 5.74) is 0. The minimum absolute atomic E-state index is 0.126. The van der Waals surface area contributed by atoms with E-state index in [0.29, 0.717) is 31.5 Å². The molecule has 0 aliphatic carbocycles. The Balaban J connectivity index is 1.57. The number of hydrogen-bond donors (Lipinski definition) is 1. The predicted molar refractivity (Wildman–Crippen MR) is 89.3 cm³/mol. The van der Waals surface area contributed by atoms with Crippen molar-refractivity contribution in [3.05, 3.63) is 0 Å². The molecule has 2 atom stereocenters. The van der Waals surface area contributed by atoms with Gasteiger partial charge in [-0.2, -0.15) is 0 Å². The number of ether oxygens (including phenoxy) is 1. The predicted octanol–water partition coefficient (Wildman–Crippen LogP) is 1.03. The number of unbranched alkanes of at least 4 members (excludes halogenated alkanes) is 1. The lowest BCUT2D eigenvalue weighted by atomic mass is 9.82. The second kappa shape index (κ2) is 8.30. The van der Waals surface area contributed by atoms with Gasteiger partial charge in [0, 0.05) is 57.8 Å². The summed E-state index contributed by atoms with van der Waals surface area (Å²) < 4.78 is 5.36. The van der Waals surface area contributed by atoms with Gasteiger partial charge in [0.25, 0.3) is 0 Å². The van der Waals surface area contributed by atoms with Crippen molar-refractivity contribution in [2.24, 2.45) is 11.8 Å². The van der Waals surface area contributed by atoms with Crippen molar-refractivity contribution in [3.8, 4) is 0 Å². The van der Waals surface area contributed by atoms with Gasteiger partial charge in [-0.05, 0) is 44.4 Å². The molecule has 3 aliphatic heterocycles.